The van der Waals surface area contributed by atoms with Gasteiger partial charge >= 0.3 is 6.18 Å². The molecule has 4 nitrogen and oxygen atoms in total. The predicted octanol–water partition coefficient (Wildman–Crippen LogP) is 2.48. The molecule has 8 heteroatoms. The normalized spacial score (nSPS) is 11.8. The SMILES string of the molecule is Nc1cc(=O)n(Cc2ccc(C(F)(F)F)c(Cl)c2)[nH]1. The zero-order chi connectivity index (χ0) is 14.2. The zero-order valence-corrected chi connectivity index (χ0v) is 10.2. The summed E-state index contributed by atoms with van der Waals surface area (Å²) in [6.07, 6.45) is -4.50. The van der Waals surface area contributed by atoms with Gasteiger partial charge in [-0.2, -0.15) is 13.2 Å². The number of nitrogen functional groups attached to an aromatic ring is 1. The van der Waals surface area contributed by atoms with Gasteiger partial charge in [0.25, 0.3) is 5.56 Å². The number of hydrogen-bond donors (Lipinski definition) is 2. The summed E-state index contributed by atoms with van der Waals surface area (Å²) in [7, 11) is 0. The van der Waals surface area contributed by atoms with Gasteiger partial charge in [-0.3, -0.25) is 9.89 Å². The van der Waals surface area contributed by atoms with Crippen molar-refractivity contribution in [3.63, 3.8) is 0 Å². The molecule has 1 heterocycles. The van der Waals surface area contributed by atoms with Crippen LogP contribution in [0.4, 0.5) is 19.0 Å². The first kappa shape index (κ1) is 13.5. The van der Waals surface area contributed by atoms with Gasteiger partial charge in [-0.15, -0.1) is 0 Å². The molecule has 0 unspecified atom stereocenters. The number of alkyl halides is 3. The molecule has 0 amide bonds. The largest absolute Gasteiger partial charge is 0.417 e. The molecule has 0 saturated heterocycles. The summed E-state index contributed by atoms with van der Waals surface area (Å²) in [4.78, 5) is 11.4. The number of halogens is 4. The van der Waals surface area contributed by atoms with Crippen LogP contribution in [0, 0.1) is 0 Å². The molecule has 1 aromatic heterocycles. The molecule has 3 N–H and O–H groups in total. The molecule has 2 rings (SSSR count). The lowest BCUT2D eigenvalue weighted by molar-refractivity contribution is -0.137. The number of benzene rings is 1. The van der Waals surface area contributed by atoms with Crippen LogP contribution in [0.25, 0.3) is 0 Å². The van der Waals surface area contributed by atoms with Crippen LogP contribution in [0.5, 0.6) is 0 Å². The minimum Gasteiger partial charge on any atom is -0.384 e. The standard InChI is InChI=1S/C11H9ClF3N3O/c12-8-3-6(1-2-7(8)11(13,14)15)5-18-10(19)4-9(16)17-18/h1-4,17H,5,16H2. The Morgan fingerprint density at radius 1 is 1.32 bits per heavy atom. The number of nitrogens with two attached hydrogens (primary N) is 1. The van der Waals surface area contributed by atoms with Crippen molar-refractivity contribution in [3.05, 3.63) is 50.8 Å². The Bertz CT molecular complexity index is 660. The summed E-state index contributed by atoms with van der Waals surface area (Å²) in [5.41, 5.74) is 4.58. The maximum atomic E-state index is 12.5. The Morgan fingerprint density at radius 3 is 2.47 bits per heavy atom. The monoisotopic (exact) mass is 291 g/mol. The summed E-state index contributed by atoms with van der Waals surface area (Å²) < 4.78 is 38.7. The number of hydrogen-bond acceptors (Lipinski definition) is 2. The number of nitrogens with zero attached hydrogens (tertiary/aromatic N) is 1. The van der Waals surface area contributed by atoms with Gasteiger partial charge in [0.05, 0.1) is 17.1 Å². The van der Waals surface area contributed by atoms with Crippen LogP contribution >= 0.6 is 11.6 Å². The molecule has 1 aromatic carbocycles. The number of nitrogens with one attached hydrogen (secondary N) is 1. The number of H-pyrrole nitrogens is 1. The molecule has 19 heavy (non-hydrogen) atoms. The average Bonchev–Trinajstić information content (AvgIpc) is 2.55. The van der Waals surface area contributed by atoms with Crippen molar-refractivity contribution in [2.24, 2.45) is 0 Å². The highest BCUT2D eigenvalue weighted by atomic mass is 35.5. The molecule has 0 radical (unpaired) electrons. The molecule has 0 atom stereocenters. The third-order valence-corrected chi connectivity index (χ3v) is 2.80. The van der Waals surface area contributed by atoms with Crippen molar-refractivity contribution in [2.45, 2.75) is 12.7 Å². The van der Waals surface area contributed by atoms with Crippen molar-refractivity contribution in [1.29, 1.82) is 0 Å². The summed E-state index contributed by atoms with van der Waals surface area (Å²) in [5, 5.41) is 2.17. The van der Waals surface area contributed by atoms with Gasteiger partial charge in [0.2, 0.25) is 0 Å². The zero-order valence-electron chi connectivity index (χ0n) is 9.46. The van der Waals surface area contributed by atoms with E-state index in [1.165, 1.54) is 22.9 Å². The molecule has 0 saturated carbocycles. The third kappa shape index (κ3) is 2.93. The lowest BCUT2D eigenvalue weighted by atomic mass is 10.1. The highest BCUT2D eigenvalue weighted by Gasteiger charge is 2.32. The quantitative estimate of drug-likeness (QED) is 0.893. The topological polar surface area (TPSA) is 63.8 Å². The second kappa shape index (κ2) is 4.65. The Kier molecular flexibility index (Phi) is 3.32. The first-order chi connectivity index (χ1) is 8.77. The number of anilines is 1. The number of aromatic amines is 1. The lowest BCUT2D eigenvalue weighted by Crippen LogP contribution is -2.16. The molecule has 0 fully saturated rings. The Morgan fingerprint density at radius 2 is 2.00 bits per heavy atom. The molecular formula is C11H9ClF3N3O. The van der Waals surface area contributed by atoms with Crippen LogP contribution in [0.15, 0.2) is 29.1 Å². The number of rotatable bonds is 2. The fraction of sp³-hybridized carbons (Fsp3) is 0.182. The van der Waals surface area contributed by atoms with E-state index >= 15 is 0 Å². The van der Waals surface area contributed by atoms with Gasteiger partial charge in [0.15, 0.2) is 0 Å². The molecular weight excluding hydrogens is 283 g/mol. The van der Waals surface area contributed by atoms with E-state index in [0.717, 1.165) is 6.07 Å². The van der Waals surface area contributed by atoms with E-state index in [2.05, 4.69) is 5.10 Å². The summed E-state index contributed by atoms with van der Waals surface area (Å²) in [6, 6.07) is 4.51. The third-order valence-electron chi connectivity index (χ3n) is 2.49. The van der Waals surface area contributed by atoms with Crippen LogP contribution in [0.1, 0.15) is 11.1 Å². The molecule has 0 bridgehead atoms. The minimum absolute atomic E-state index is 0.0634. The van der Waals surface area contributed by atoms with Crippen molar-refractivity contribution < 1.29 is 13.2 Å². The first-order valence-electron chi connectivity index (χ1n) is 5.18. The van der Waals surface area contributed by atoms with E-state index in [1.54, 1.807) is 0 Å². The van der Waals surface area contributed by atoms with Gasteiger partial charge < -0.3 is 5.73 Å². The van der Waals surface area contributed by atoms with E-state index in [0.29, 0.717) is 5.56 Å². The van der Waals surface area contributed by atoms with E-state index in [1.807, 2.05) is 0 Å². The van der Waals surface area contributed by atoms with E-state index in [-0.39, 0.29) is 17.9 Å². The fourth-order valence-electron chi connectivity index (χ4n) is 1.64. The fourth-order valence-corrected chi connectivity index (χ4v) is 1.95. The Hall–Kier alpha value is -1.89. The van der Waals surface area contributed by atoms with Gasteiger partial charge in [-0.25, -0.2) is 4.68 Å². The highest BCUT2D eigenvalue weighted by molar-refractivity contribution is 6.31. The van der Waals surface area contributed by atoms with Crippen LogP contribution in [-0.2, 0) is 12.7 Å². The van der Waals surface area contributed by atoms with Crippen molar-refractivity contribution in [2.75, 3.05) is 5.73 Å². The molecule has 2 aromatic rings. The average molecular weight is 292 g/mol. The molecule has 0 spiro atoms. The second-order valence-corrected chi connectivity index (χ2v) is 4.36. The van der Waals surface area contributed by atoms with Crippen molar-refractivity contribution in [1.82, 2.24) is 9.78 Å². The van der Waals surface area contributed by atoms with Crippen LogP contribution in [0.3, 0.4) is 0 Å². The van der Waals surface area contributed by atoms with Gasteiger partial charge in [-0.05, 0) is 17.7 Å². The van der Waals surface area contributed by atoms with E-state index in [4.69, 9.17) is 17.3 Å². The number of aromatic nitrogens is 2. The Balaban J connectivity index is 2.31. The summed E-state index contributed by atoms with van der Waals surface area (Å²) in [5.74, 6) is 0.183. The van der Waals surface area contributed by atoms with Crippen LogP contribution in [-0.4, -0.2) is 9.78 Å². The molecule has 102 valence electrons. The smallest absolute Gasteiger partial charge is 0.384 e. The maximum absolute atomic E-state index is 12.5. The maximum Gasteiger partial charge on any atom is 0.417 e. The summed E-state index contributed by atoms with van der Waals surface area (Å²) >= 11 is 5.58. The molecule has 0 aliphatic rings. The first-order valence-corrected chi connectivity index (χ1v) is 5.56. The van der Waals surface area contributed by atoms with Gasteiger partial charge in [0, 0.05) is 6.07 Å². The van der Waals surface area contributed by atoms with Crippen LogP contribution < -0.4 is 11.3 Å². The lowest BCUT2D eigenvalue weighted by Gasteiger charge is -2.10. The summed E-state index contributed by atoms with van der Waals surface area (Å²) in [6.45, 7) is 0.0634. The minimum atomic E-state index is -4.50. The molecule has 0 aliphatic carbocycles. The van der Waals surface area contributed by atoms with Crippen molar-refractivity contribution in [3.8, 4) is 0 Å². The van der Waals surface area contributed by atoms with E-state index < -0.39 is 16.8 Å². The molecule has 0 aliphatic heterocycles. The highest BCUT2D eigenvalue weighted by Crippen LogP contribution is 2.34. The van der Waals surface area contributed by atoms with Crippen LogP contribution in [0.2, 0.25) is 5.02 Å². The predicted molar refractivity (Wildman–Crippen MR) is 65.0 cm³/mol. The van der Waals surface area contributed by atoms with E-state index in [9.17, 15) is 18.0 Å². The van der Waals surface area contributed by atoms with Crippen molar-refractivity contribution >= 4 is 17.4 Å². The van der Waals surface area contributed by atoms with Gasteiger partial charge in [0.1, 0.15) is 5.82 Å². The Labute approximate surface area is 110 Å². The second-order valence-electron chi connectivity index (χ2n) is 3.95. The van der Waals surface area contributed by atoms with Gasteiger partial charge in [-0.1, -0.05) is 17.7 Å².